The summed E-state index contributed by atoms with van der Waals surface area (Å²) in [5.74, 6) is -1.44. The van der Waals surface area contributed by atoms with Crippen LogP contribution in [0.3, 0.4) is 0 Å². The molecule has 1 aliphatic carbocycles. The molecular formula is C11H9ClF3NO2. The Kier molecular flexibility index (Phi) is 3.23. The Morgan fingerprint density at radius 2 is 1.89 bits per heavy atom. The third kappa shape index (κ3) is 2.16. The molecule has 3 nitrogen and oxygen atoms in total. The second kappa shape index (κ2) is 4.42. The highest BCUT2D eigenvalue weighted by molar-refractivity contribution is 6.34. The lowest BCUT2D eigenvalue weighted by molar-refractivity contribution is -0.141. The summed E-state index contributed by atoms with van der Waals surface area (Å²) in [5.41, 5.74) is -1.21. The molecule has 98 valence electrons. The maximum absolute atomic E-state index is 12.7. The van der Waals surface area contributed by atoms with Crippen LogP contribution in [0.15, 0.2) is 0 Å². The van der Waals surface area contributed by atoms with Gasteiger partial charge in [0.1, 0.15) is 0 Å². The van der Waals surface area contributed by atoms with Crippen molar-refractivity contribution in [2.24, 2.45) is 0 Å². The van der Waals surface area contributed by atoms with Gasteiger partial charge in [-0.2, -0.15) is 13.2 Å². The highest BCUT2D eigenvalue weighted by Gasteiger charge is 2.39. The molecule has 1 aliphatic rings. The minimum atomic E-state index is -4.74. The van der Waals surface area contributed by atoms with Crippen LogP contribution in [0.25, 0.3) is 0 Å². The fraction of sp³-hybridized carbons (Fsp3) is 0.455. The van der Waals surface area contributed by atoms with E-state index < -0.39 is 28.4 Å². The molecule has 0 amide bonds. The minimum Gasteiger partial charge on any atom is -0.478 e. The van der Waals surface area contributed by atoms with Crippen molar-refractivity contribution < 1.29 is 23.1 Å². The Hall–Kier alpha value is -1.30. The monoisotopic (exact) mass is 279 g/mol. The maximum Gasteiger partial charge on any atom is 0.434 e. The summed E-state index contributed by atoms with van der Waals surface area (Å²) in [6, 6.07) is 0. The molecule has 1 N–H and O–H groups in total. The molecule has 0 spiro atoms. The lowest BCUT2D eigenvalue weighted by Crippen LogP contribution is -2.19. The van der Waals surface area contributed by atoms with Gasteiger partial charge in [-0.1, -0.05) is 11.6 Å². The van der Waals surface area contributed by atoms with Crippen LogP contribution in [-0.2, 0) is 19.0 Å². The molecule has 0 aromatic carbocycles. The van der Waals surface area contributed by atoms with Gasteiger partial charge in [-0.15, -0.1) is 0 Å². The topological polar surface area (TPSA) is 50.2 Å². The first-order chi connectivity index (χ1) is 8.32. The highest BCUT2D eigenvalue weighted by Crippen LogP contribution is 2.38. The predicted octanol–water partition coefficient (Wildman–Crippen LogP) is 3.33. The molecule has 1 aromatic rings. The van der Waals surface area contributed by atoms with E-state index in [0.717, 1.165) is 6.42 Å². The molecular weight excluding hydrogens is 271 g/mol. The van der Waals surface area contributed by atoms with E-state index in [-0.39, 0.29) is 5.69 Å². The number of carboxylic acid groups (broad SMARTS) is 1. The zero-order valence-corrected chi connectivity index (χ0v) is 9.90. The molecule has 0 saturated heterocycles. The number of aryl methyl sites for hydroxylation is 1. The van der Waals surface area contributed by atoms with Crippen LogP contribution in [0.4, 0.5) is 13.2 Å². The fourth-order valence-electron chi connectivity index (χ4n) is 2.13. The Morgan fingerprint density at radius 3 is 2.44 bits per heavy atom. The number of hydrogen-bond donors (Lipinski definition) is 1. The van der Waals surface area contributed by atoms with Crippen LogP contribution < -0.4 is 0 Å². The van der Waals surface area contributed by atoms with Gasteiger partial charge < -0.3 is 5.11 Å². The Bertz CT molecular complexity index is 514. The molecule has 1 aromatic heterocycles. The lowest BCUT2D eigenvalue weighted by Gasteiger charge is -2.20. The molecule has 1 heterocycles. The number of aromatic carboxylic acids is 1. The number of carboxylic acids is 1. The van der Waals surface area contributed by atoms with Gasteiger partial charge in [-0.3, -0.25) is 0 Å². The van der Waals surface area contributed by atoms with Crippen LogP contribution in [0.5, 0.6) is 0 Å². The van der Waals surface area contributed by atoms with Gasteiger partial charge in [0.25, 0.3) is 0 Å². The van der Waals surface area contributed by atoms with Crippen molar-refractivity contribution in [3.8, 4) is 0 Å². The summed E-state index contributed by atoms with van der Waals surface area (Å²) >= 11 is 5.56. The number of halogens is 4. The average Bonchev–Trinajstić information content (AvgIpc) is 2.26. The standard InChI is InChI=1S/C11H9ClF3NO2/c12-8-7(10(17)18)5-3-1-2-4-6(5)16-9(8)11(13,14)15/h1-4H2,(H,17,18). The summed E-state index contributed by atoms with van der Waals surface area (Å²) in [7, 11) is 0. The van der Waals surface area contributed by atoms with E-state index in [2.05, 4.69) is 4.98 Å². The van der Waals surface area contributed by atoms with E-state index in [1.54, 1.807) is 0 Å². The summed E-state index contributed by atoms with van der Waals surface area (Å²) in [6.07, 6.45) is -2.54. The summed E-state index contributed by atoms with van der Waals surface area (Å²) < 4.78 is 38.2. The van der Waals surface area contributed by atoms with Crippen LogP contribution in [0.1, 0.15) is 40.2 Å². The van der Waals surface area contributed by atoms with E-state index in [1.807, 2.05) is 0 Å². The molecule has 0 fully saturated rings. The Morgan fingerprint density at radius 1 is 1.28 bits per heavy atom. The van der Waals surface area contributed by atoms with Gasteiger partial charge in [-0.25, -0.2) is 9.78 Å². The minimum absolute atomic E-state index is 0.204. The second-order valence-corrected chi connectivity index (χ2v) is 4.46. The smallest absolute Gasteiger partial charge is 0.434 e. The van der Waals surface area contributed by atoms with Crippen molar-refractivity contribution in [1.82, 2.24) is 4.98 Å². The highest BCUT2D eigenvalue weighted by atomic mass is 35.5. The van der Waals surface area contributed by atoms with E-state index in [9.17, 15) is 18.0 Å². The number of fused-ring (bicyclic) bond motifs is 1. The van der Waals surface area contributed by atoms with Crippen molar-refractivity contribution in [3.63, 3.8) is 0 Å². The van der Waals surface area contributed by atoms with Crippen molar-refractivity contribution in [1.29, 1.82) is 0 Å². The van der Waals surface area contributed by atoms with Crippen LogP contribution in [0, 0.1) is 0 Å². The normalized spacial score (nSPS) is 15.3. The van der Waals surface area contributed by atoms with E-state index >= 15 is 0 Å². The predicted molar refractivity (Wildman–Crippen MR) is 57.9 cm³/mol. The number of pyridine rings is 1. The zero-order valence-electron chi connectivity index (χ0n) is 9.14. The maximum atomic E-state index is 12.7. The third-order valence-corrected chi connectivity index (χ3v) is 3.27. The number of hydrogen-bond acceptors (Lipinski definition) is 2. The quantitative estimate of drug-likeness (QED) is 0.858. The number of aromatic nitrogens is 1. The first kappa shape index (κ1) is 13.1. The molecule has 0 radical (unpaired) electrons. The van der Waals surface area contributed by atoms with Gasteiger partial charge in [0.05, 0.1) is 10.6 Å². The number of carbonyl (C=O) groups is 1. The first-order valence-electron chi connectivity index (χ1n) is 5.34. The van der Waals surface area contributed by atoms with Gasteiger partial charge in [0, 0.05) is 5.69 Å². The molecule has 0 unspecified atom stereocenters. The molecule has 0 bridgehead atoms. The summed E-state index contributed by atoms with van der Waals surface area (Å²) in [4.78, 5) is 14.6. The molecule has 0 saturated carbocycles. The Labute approximate surface area is 106 Å². The lowest BCUT2D eigenvalue weighted by atomic mass is 9.91. The van der Waals surface area contributed by atoms with Crippen molar-refractivity contribution in [3.05, 3.63) is 27.5 Å². The average molecular weight is 280 g/mol. The van der Waals surface area contributed by atoms with Gasteiger partial charge in [0.15, 0.2) is 5.69 Å². The van der Waals surface area contributed by atoms with Gasteiger partial charge in [-0.05, 0) is 31.2 Å². The largest absolute Gasteiger partial charge is 0.478 e. The van der Waals surface area contributed by atoms with Crippen LogP contribution >= 0.6 is 11.6 Å². The van der Waals surface area contributed by atoms with Crippen molar-refractivity contribution in [2.75, 3.05) is 0 Å². The van der Waals surface area contributed by atoms with Crippen LogP contribution in [-0.4, -0.2) is 16.1 Å². The van der Waals surface area contributed by atoms with E-state index in [4.69, 9.17) is 16.7 Å². The molecule has 0 aliphatic heterocycles. The zero-order chi connectivity index (χ0) is 13.5. The molecule has 2 rings (SSSR count). The van der Waals surface area contributed by atoms with Crippen molar-refractivity contribution >= 4 is 17.6 Å². The second-order valence-electron chi connectivity index (χ2n) is 4.08. The SMILES string of the molecule is O=C(O)c1c(Cl)c(C(F)(F)F)nc2c1CCCC2. The van der Waals surface area contributed by atoms with Crippen LogP contribution in [0.2, 0.25) is 5.02 Å². The number of nitrogens with zero attached hydrogens (tertiary/aromatic N) is 1. The first-order valence-corrected chi connectivity index (χ1v) is 5.72. The number of alkyl halides is 3. The number of rotatable bonds is 1. The van der Waals surface area contributed by atoms with E-state index in [1.165, 1.54) is 0 Å². The molecule has 7 heteroatoms. The van der Waals surface area contributed by atoms with Gasteiger partial charge >= 0.3 is 12.1 Å². The van der Waals surface area contributed by atoms with Crippen molar-refractivity contribution in [2.45, 2.75) is 31.9 Å². The molecule has 0 atom stereocenters. The fourth-order valence-corrected chi connectivity index (χ4v) is 2.47. The Balaban J connectivity index is 2.73. The summed E-state index contributed by atoms with van der Waals surface area (Å²) in [5, 5.41) is 8.22. The van der Waals surface area contributed by atoms with Gasteiger partial charge in [0.2, 0.25) is 0 Å². The summed E-state index contributed by atoms with van der Waals surface area (Å²) in [6.45, 7) is 0. The van der Waals surface area contributed by atoms with E-state index in [0.29, 0.717) is 24.8 Å². The molecule has 18 heavy (non-hydrogen) atoms. The third-order valence-electron chi connectivity index (χ3n) is 2.90.